The van der Waals surface area contributed by atoms with Crippen LogP contribution in [0.1, 0.15) is 23.3 Å². The number of carbonyl (C=O) groups is 1. The van der Waals surface area contributed by atoms with E-state index in [-0.39, 0.29) is 5.91 Å². The summed E-state index contributed by atoms with van der Waals surface area (Å²) < 4.78 is 0. The van der Waals surface area contributed by atoms with Crippen LogP contribution < -0.4 is 0 Å². The molecule has 0 bridgehead atoms. The van der Waals surface area contributed by atoms with Gasteiger partial charge in [-0.25, -0.2) is 4.98 Å². The molecule has 6 nitrogen and oxygen atoms in total. The van der Waals surface area contributed by atoms with Gasteiger partial charge in [0.25, 0.3) is 5.91 Å². The molecule has 136 valence electrons. The van der Waals surface area contributed by atoms with Crippen LogP contribution in [0.5, 0.6) is 0 Å². The highest BCUT2D eigenvalue weighted by atomic mass is 16.2. The summed E-state index contributed by atoms with van der Waals surface area (Å²) in [6, 6.07) is 7.63. The van der Waals surface area contributed by atoms with Crippen LogP contribution in [0.4, 0.5) is 0 Å². The van der Waals surface area contributed by atoms with Gasteiger partial charge in [-0.05, 0) is 66.3 Å². The molecule has 0 aliphatic rings. The lowest BCUT2D eigenvalue weighted by Crippen LogP contribution is -2.36. The van der Waals surface area contributed by atoms with E-state index in [0.29, 0.717) is 5.69 Å². The third-order valence-electron chi connectivity index (χ3n) is 4.02. The second-order valence-electron chi connectivity index (χ2n) is 6.85. The van der Waals surface area contributed by atoms with Gasteiger partial charge in [0.1, 0.15) is 5.69 Å². The number of amides is 1. The fourth-order valence-corrected chi connectivity index (χ4v) is 2.69. The van der Waals surface area contributed by atoms with E-state index >= 15 is 0 Å². The monoisotopic (exact) mass is 343 g/mol. The van der Waals surface area contributed by atoms with Crippen LogP contribution in [0.15, 0.2) is 30.5 Å². The van der Waals surface area contributed by atoms with Crippen LogP contribution in [0.2, 0.25) is 0 Å². The number of hydrogen-bond acceptors (Lipinski definition) is 5. The topological polar surface area (TPSA) is 52.6 Å². The summed E-state index contributed by atoms with van der Waals surface area (Å²) in [5.41, 5.74) is 1.99. The molecule has 0 atom stereocenters. The Bertz CT molecular complexity index is 672. The standard InChI is InChI=1S/C19H29N5O/c1-22(2)11-7-13-24(14-8-12-23(3)4)19(25)18-15-20-16-9-5-6-10-17(16)21-18/h5-6,9-10,15H,7-8,11-14H2,1-4H3. The van der Waals surface area contributed by atoms with Gasteiger partial charge in [-0.2, -0.15) is 0 Å². The van der Waals surface area contributed by atoms with Crippen molar-refractivity contribution in [3.8, 4) is 0 Å². The highest BCUT2D eigenvalue weighted by Gasteiger charge is 2.17. The second kappa shape index (κ2) is 9.44. The van der Waals surface area contributed by atoms with Crippen LogP contribution in [-0.2, 0) is 0 Å². The minimum Gasteiger partial charge on any atom is -0.337 e. The molecular weight excluding hydrogens is 314 g/mol. The van der Waals surface area contributed by atoms with Gasteiger partial charge in [-0.3, -0.25) is 9.78 Å². The first-order valence-electron chi connectivity index (χ1n) is 8.78. The van der Waals surface area contributed by atoms with Crippen molar-refractivity contribution in [3.05, 3.63) is 36.2 Å². The Balaban J connectivity index is 2.10. The highest BCUT2D eigenvalue weighted by Crippen LogP contribution is 2.11. The van der Waals surface area contributed by atoms with E-state index in [1.165, 1.54) is 0 Å². The predicted molar refractivity (Wildman–Crippen MR) is 102 cm³/mol. The minimum absolute atomic E-state index is 0.0317. The van der Waals surface area contributed by atoms with Gasteiger partial charge in [0.15, 0.2) is 0 Å². The molecule has 0 saturated heterocycles. The number of benzene rings is 1. The van der Waals surface area contributed by atoms with E-state index in [0.717, 1.165) is 50.1 Å². The molecule has 0 saturated carbocycles. The Kier molecular flexibility index (Phi) is 7.28. The molecule has 2 rings (SSSR count). The van der Waals surface area contributed by atoms with Crippen molar-refractivity contribution in [1.29, 1.82) is 0 Å². The lowest BCUT2D eigenvalue weighted by molar-refractivity contribution is 0.0739. The minimum atomic E-state index is -0.0317. The lowest BCUT2D eigenvalue weighted by atomic mass is 10.2. The van der Waals surface area contributed by atoms with E-state index in [1.54, 1.807) is 6.20 Å². The fourth-order valence-electron chi connectivity index (χ4n) is 2.69. The molecule has 0 spiro atoms. The highest BCUT2D eigenvalue weighted by molar-refractivity contribution is 5.93. The summed E-state index contributed by atoms with van der Waals surface area (Å²) in [6.07, 6.45) is 3.49. The molecule has 0 N–H and O–H groups in total. The second-order valence-corrected chi connectivity index (χ2v) is 6.85. The van der Waals surface area contributed by atoms with Gasteiger partial charge in [0, 0.05) is 13.1 Å². The Morgan fingerprint density at radius 1 is 0.880 bits per heavy atom. The summed E-state index contributed by atoms with van der Waals surface area (Å²) in [4.78, 5) is 28.0. The zero-order valence-electron chi connectivity index (χ0n) is 15.8. The molecule has 1 heterocycles. The van der Waals surface area contributed by atoms with Gasteiger partial charge < -0.3 is 14.7 Å². The maximum atomic E-state index is 12.9. The summed E-state index contributed by atoms with van der Waals surface area (Å²) >= 11 is 0. The van der Waals surface area contributed by atoms with Crippen molar-refractivity contribution < 1.29 is 4.79 Å². The number of carbonyl (C=O) groups excluding carboxylic acids is 1. The molecule has 6 heteroatoms. The zero-order valence-corrected chi connectivity index (χ0v) is 15.8. The first kappa shape index (κ1) is 19.3. The largest absolute Gasteiger partial charge is 0.337 e. The number of aromatic nitrogens is 2. The Morgan fingerprint density at radius 3 is 2.00 bits per heavy atom. The Labute approximate surface area is 150 Å². The van der Waals surface area contributed by atoms with E-state index in [1.807, 2.05) is 57.4 Å². The summed E-state index contributed by atoms with van der Waals surface area (Å²) in [6.45, 7) is 3.39. The van der Waals surface area contributed by atoms with Gasteiger partial charge in [-0.15, -0.1) is 0 Å². The van der Waals surface area contributed by atoms with E-state index in [9.17, 15) is 4.79 Å². The molecule has 0 aliphatic carbocycles. The van der Waals surface area contributed by atoms with Crippen LogP contribution in [0.3, 0.4) is 0 Å². The van der Waals surface area contributed by atoms with Crippen molar-refractivity contribution in [1.82, 2.24) is 24.7 Å². The van der Waals surface area contributed by atoms with Crippen LogP contribution >= 0.6 is 0 Å². The molecule has 0 fully saturated rings. The fraction of sp³-hybridized carbons (Fsp3) is 0.526. The molecule has 2 aromatic rings. The van der Waals surface area contributed by atoms with Gasteiger partial charge in [-0.1, -0.05) is 12.1 Å². The smallest absolute Gasteiger partial charge is 0.274 e. The number of hydrogen-bond donors (Lipinski definition) is 0. The normalized spacial score (nSPS) is 11.4. The molecule has 1 amide bonds. The Hall–Kier alpha value is -2.05. The summed E-state index contributed by atoms with van der Waals surface area (Å²) in [5.74, 6) is -0.0317. The van der Waals surface area contributed by atoms with Crippen molar-refractivity contribution in [2.45, 2.75) is 12.8 Å². The van der Waals surface area contributed by atoms with E-state index in [4.69, 9.17) is 0 Å². The van der Waals surface area contributed by atoms with Gasteiger partial charge >= 0.3 is 0 Å². The van der Waals surface area contributed by atoms with E-state index in [2.05, 4.69) is 19.8 Å². The third-order valence-corrected chi connectivity index (χ3v) is 4.02. The first-order valence-corrected chi connectivity index (χ1v) is 8.78. The lowest BCUT2D eigenvalue weighted by Gasteiger charge is -2.24. The van der Waals surface area contributed by atoms with E-state index < -0.39 is 0 Å². The maximum absolute atomic E-state index is 12.9. The number of nitrogens with zero attached hydrogens (tertiary/aromatic N) is 5. The molecular formula is C19H29N5O. The summed E-state index contributed by atoms with van der Waals surface area (Å²) in [5, 5.41) is 0. The molecule has 0 aliphatic heterocycles. The molecule has 25 heavy (non-hydrogen) atoms. The number of para-hydroxylation sites is 2. The quantitative estimate of drug-likeness (QED) is 0.697. The average molecular weight is 343 g/mol. The molecule has 1 aromatic carbocycles. The van der Waals surface area contributed by atoms with Crippen molar-refractivity contribution in [3.63, 3.8) is 0 Å². The molecule has 0 unspecified atom stereocenters. The third kappa shape index (κ3) is 6.07. The Morgan fingerprint density at radius 2 is 1.44 bits per heavy atom. The summed E-state index contributed by atoms with van der Waals surface area (Å²) in [7, 11) is 8.19. The molecule has 1 aromatic heterocycles. The van der Waals surface area contributed by atoms with Gasteiger partial charge in [0.2, 0.25) is 0 Å². The number of rotatable bonds is 9. The van der Waals surface area contributed by atoms with Crippen LogP contribution in [-0.4, -0.2) is 84.9 Å². The number of fused-ring (bicyclic) bond motifs is 1. The predicted octanol–water partition coefficient (Wildman–Crippen LogP) is 1.98. The maximum Gasteiger partial charge on any atom is 0.274 e. The van der Waals surface area contributed by atoms with Crippen molar-refractivity contribution in [2.24, 2.45) is 0 Å². The first-order chi connectivity index (χ1) is 12.0. The van der Waals surface area contributed by atoms with Gasteiger partial charge in [0.05, 0.1) is 17.2 Å². The van der Waals surface area contributed by atoms with Crippen molar-refractivity contribution in [2.75, 3.05) is 54.4 Å². The van der Waals surface area contributed by atoms with Crippen LogP contribution in [0.25, 0.3) is 11.0 Å². The SMILES string of the molecule is CN(C)CCCN(CCCN(C)C)C(=O)c1cnc2ccccc2n1. The zero-order chi connectivity index (χ0) is 18.2. The average Bonchev–Trinajstić information content (AvgIpc) is 2.59. The van der Waals surface area contributed by atoms with Crippen molar-refractivity contribution >= 4 is 16.9 Å². The van der Waals surface area contributed by atoms with Crippen LogP contribution in [0, 0.1) is 0 Å². The molecule has 0 radical (unpaired) electrons.